The summed E-state index contributed by atoms with van der Waals surface area (Å²) in [5, 5.41) is 3.98. The fourth-order valence-electron chi connectivity index (χ4n) is 2.16. The van der Waals surface area contributed by atoms with Gasteiger partial charge in [-0.3, -0.25) is 0 Å². The summed E-state index contributed by atoms with van der Waals surface area (Å²) in [6, 6.07) is 18.4. The highest BCUT2D eigenvalue weighted by Crippen LogP contribution is 2.39. The molecule has 1 aliphatic heterocycles. The Balaban J connectivity index is 1.85. The summed E-state index contributed by atoms with van der Waals surface area (Å²) < 4.78 is 0. The van der Waals surface area contributed by atoms with Crippen molar-refractivity contribution in [1.82, 2.24) is 4.90 Å². The Bertz CT molecular complexity index is 646. The largest absolute Gasteiger partial charge is 0.331 e. The standard InChI is InChI=1S/C17H14ClNS/c1-13-19(11-14-7-9-16(18)10-8-14)17(12-20-13)15-5-3-2-4-6-15/h2-10,12H,1,11H2. The first-order valence-corrected chi connectivity index (χ1v) is 7.63. The van der Waals surface area contributed by atoms with E-state index in [1.165, 1.54) is 16.8 Å². The molecule has 0 fully saturated rings. The molecule has 1 nitrogen and oxygen atoms in total. The van der Waals surface area contributed by atoms with E-state index in [4.69, 9.17) is 11.6 Å². The van der Waals surface area contributed by atoms with Crippen molar-refractivity contribution in [2.75, 3.05) is 0 Å². The fourth-order valence-corrected chi connectivity index (χ4v) is 3.09. The highest BCUT2D eigenvalue weighted by molar-refractivity contribution is 8.06. The third-order valence-corrected chi connectivity index (χ3v) is 4.31. The van der Waals surface area contributed by atoms with Crippen LogP contribution in [-0.2, 0) is 6.54 Å². The molecular formula is C17H14ClNS. The van der Waals surface area contributed by atoms with E-state index in [9.17, 15) is 0 Å². The van der Waals surface area contributed by atoms with E-state index in [1.54, 1.807) is 11.8 Å². The van der Waals surface area contributed by atoms with Gasteiger partial charge < -0.3 is 4.90 Å². The Kier molecular flexibility index (Phi) is 3.86. The molecule has 0 aliphatic carbocycles. The summed E-state index contributed by atoms with van der Waals surface area (Å²) in [5.74, 6) is 0. The van der Waals surface area contributed by atoms with Crippen LogP contribution in [0.25, 0.3) is 5.70 Å². The molecule has 3 heteroatoms. The van der Waals surface area contributed by atoms with Gasteiger partial charge in [-0.25, -0.2) is 0 Å². The van der Waals surface area contributed by atoms with E-state index in [0.29, 0.717) is 0 Å². The smallest absolute Gasteiger partial charge is 0.0725 e. The van der Waals surface area contributed by atoms with Crippen LogP contribution < -0.4 is 0 Å². The van der Waals surface area contributed by atoms with E-state index >= 15 is 0 Å². The molecule has 100 valence electrons. The third-order valence-electron chi connectivity index (χ3n) is 3.22. The Morgan fingerprint density at radius 2 is 1.70 bits per heavy atom. The molecule has 0 radical (unpaired) electrons. The van der Waals surface area contributed by atoms with Gasteiger partial charge in [0.15, 0.2) is 0 Å². The summed E-state index contributed by atoms with van der Waals surface area (Å²) in [6.07, 6.45) is 0. The van der Waals surface area contributed by atoms with E-state index < -0.39 is 0 Å². The zero-order valence-electron chi connectivity index (χ0n) is 10.9. The molecule has 0 bridgehead atoms. The zero-order valence-corrected chi connectivity index (χ0v) is 12.5. The SMILES string of the molecule is C=C1SC=C(c2ccccc2)N1Cc1ccc(Cl)cc1. The molecule has 0 atom stereocenters. The number of rotatable bonds is 3. The summed E-state index contributed by atoms with van der Waals surface area (Å²) in [7, 11) is 0. The van der Waals surface area contributed by atoms with Crippen LogP contribution in [0, 0.1) is 0 Å². The van der Waals surface area contributed by atoms with Crippen molar-refractivity contribution in [1.29, 1.82) is 0 Å². The lowest BCUT2D eigenvalue weighted by molar-refractivity contribution is 0.522. The third kappa shape index (κ3) is 2.77. The van der Waals surface area contributed by atoms with Crippen LogP contribution >= 0.6 is 23.4 Å². The first kappa shape index (κ1) is 13.3. The molecule has 1 heterocycles. The number of benzene rings is 2. The van der Waals surface area contributed by atoms with Crippen LogP contribution in [0.5, 0.6) is 0 Å². The van der Waals surface area contributed by atoms with Gasteiger partial charge in [0, 0.05) is 17.0 Å². The highest BCUT2D eigenvalue weighted by Gasteiger charge is 2.21. The lowest BCUT2D eigenvalue weighted by Gasteiger charge is -2.23. The molecule has 1 aliphatic rings. The van der Waals surface area contributed by atoms with Gasteiger partial charge in [-0.05, 0) is 23.3 Å². The average molecular weight is 300 g/mol. The minimum atomic E-state index is 0.766. The van der Waals surface area contributed by atoms with Crippen LogP contribution in [0.3, 0.4) is 0 Å². The predicted octanol–water partition coefficient (Wildman–Crippen LogP) is 5.36. The van der Waals surface area contributed by atoms with Gasteiger partial charge in [-0.15, -0.1) is 0 Å². The van der Waals surface area contributed by atoms with Crippen LogP contribution in [0.1, 0.15) is 11.1 Å². The molecule has 0 amide bonds. The fraction of sp³-hybridized carbons (Fsp3) is 0.0588. The number of halogens is 1. The van der Waals surface area contributed by atoms with E-state index in [0.717, 1.165) is 16.6 Å². The monoisotopic (exact) mass is 299 g/mol. The van der Waals surface area contributed by atoms with Crippen LogP contribution in [0.15, 0.2) is 71.6 Å². The van der Waals surface area contributed by atoms with Crippen molar-refractivity contribution in [3.05, 3.63) is 87.8 Å². The van der Waals surface area contributed by atoms with E-state index in [1.807, 2.05) is 18.2 Å². The lowest BCUT2D eigenvalue weighted by atomic mass is 10.1. The topological polar surface area (TPSA) is 3.24 Å². The Morgan fingerprint density at radius 3 is 2.40 bits per heavy atom. The molecule has 0 aromatic heterocycles. The molecule has 3 rings (SSSR count). The number of hydrogen-bond acceptors (Lipinski definition) is 2. The maximum atomic E-state index is 5.93. The molecule has 2 aromatic carbocycles. The van der Waals surface area contributed by atoms with Crippen LogP contribution in [-0.4, -0.2) is 4.90 Å². The van der Waals surface area contributed by atoms with Gasteiger partial charge in [-0.2, -0.15) is 0 Å². The quantitative estimate of drug-likeness (QED) is 0.750. The van der Waals surface area contributed by atoms with Crippen molar-refractivity contribution >= 4 is 29.1 Å². The first-order chi connectivity index (χ1) is 9.74. The molecule has 0 saturated carbocycles. The van der Waals surface area contributed by atoms with Gasteiger partial charge in [0.1, 0.15) is 0 Å². The molecule has 0 N–H and O–H groups in total. The second-order valence-corrected chi connectivity index (χ2v) is 5.97. The molecule has 0 saturated heterocycles. The number of thioether (sulfide) groups is 1. The predicted molar refractivity (Wildman–Crippen MR) is 88.1 cm³/mol. The summed E-state index contributed by atoms with van der Waals surface area (Å²) in [6.45, 7) is 4.95. The average Bonchev–Trinajstić information content (AvgIpc) is 2.84. The Hall–Kier alpha value is -1.64. The second-order valence-electron chi connectivity index (χ2n) is 4.59. The van der Waals surface area contributed by atoms with E-state index in [-0.39, 0.29) is 0 Å². The van der Waals surface area contributed by atoms with Crippen molar-refractivity contribution in [2.24, 2.45) is 0 Å². The lowest BCUT2D eigenvalue weighted by Crippen LogP contribution is -2.15. The Labute approximate surface area is 128 Å². The van der Waals surface area contributed by atoms with Gasteiger partial charge in [0.2, 0.25) is 0 Å². The molecule has 0 unspecified atom stereocenters. The Morgan fingerprint density at radius 1 is 1.00 bits per heavy atom. The van der Waals surface area contributed by atoms with Crippen molar-refractivity contribution < 1.29 is 0 Å². The highest BCUT2D eigenvalue weighted by atomic mass is 35.5. The minimum absolute atomic E-state index is 0.766. The molecule has 2 aromatic rings. The zero-order chi connectivity index (χ0) is 13.9. The second kappa shape index (κ2) is 5.78. The number of nitrogens with zero attached hydrogens (tertiary/aromatic N) is 1. The molecule has 20 heavy (non-hydrogen) atoms. The summed E-state index contributed by atoms with van der Waals surface area (Å²) >= 11 is 7.61. The summed E-state index contributed by atoms with van der Waals surface area (Å²) in [5.41, 5.74) is 3.64. The van der Waals surface area contributed by atoms with Crippen LogP contribution in [0.4, 0.5) is 0 Å². The van der Waals surface area contributed by atoms with Gasteiger partial charge in [-0.1, -0.05) is 72.4 Å². The normalized spacial score (nSPS) is 14.6. The van der Waals surface area contributed by atoms with Crippen molar-refractivity contribution in [3.63, 3.8) is 0 Å². The minimum Gasteiger partial charge on any atom is -0.331 e. The van der Waals surface area contributed by atoms with Crippen molar-refractivity contribution in [2.45, 2.75) is 6.54 Å². The van der Waals surface area contributed by atoms with E-state index in [2.05, 4.69) is 53.3 Å². The molecule has 0 spiro atoms. The van der Waals surface area contributed by atoms with Gasteiger partial charge >= 0.3 is 0 Å². The van der Waals surface area contributed by atoms with Crippen molar-refractivity contribution in [3.8, 4) is 0 Å². The van der Waals surface area contributed by atoms with Crippen LogP contribution in [0.2, 0.25) is 5.02 Å². The molecular weight excluding hydrogens is 286 g/mol. The maximum absolute atomic E-state index is 5.93. The first-order valence-electron chi connectivity index (χ1n) is 6.37. The summed E-state index contributed by atoms with van der Waals surface area (Å²) in [4.78, 5) is 2.24. The maximum Gasteiger partial charge on any atom is 0.0725 e. The van der Waals surface area contributed by atoms with Gasteiger partial charge in [0.25, 0.3) is 0 Å². The number of hydrogen-bond donors (Lipinski definition) is 0. The van der Waals surface area contributed by atoms with Gasteiger partial charge in [0.05, 0.1) is 10.7 Å².